The topological polar surface area (TPSA) is 75.8 Å². The minimum atomic E-state index is -0.869. The Bertz CT molecular complexity index is 447. The molecule has 1 aromatic heterocycles. The van der Waals surface area contributed by atoms with Crippen molar-refractivity contribution < 1.29 is 14.6 Å². The second kappa shape index (κ2) is 5.26. The fraction of sp³-hybridized carbons (Fsp3) is 0.583. The highest BCUT2D eigenvalue weighted by Gasteiger charge is 2.28. The van der Waals surface area contributed by atoms with Crippen LogP contribution in [0.15, 0.2) is 6.07 Å². The molecule has 2 atom stereocenters. The highest BCUT2D eigenvalue weighted by molar-refractivity contribution is 7.16. The SMILES string of the molecule is CO[C@H]1CN(c2cc(C(=O)O)c(C)s2)CC[C@H]1N. The van der Waals surface area contributed by atoms with E-state index in [2.05, 4.69) is 4.90 Å². The summed E-state index contributed by atoms with van der Waals surface area (Å²) >= 11 is 1.51. The summed E-state index contributed by atoms with van der Waals surface area (Å²) in [5.74, 6) is -0.869. The van der Waals surface area contributed by atoms with E-state index in [4.69, 9.17) is 15.6 Å². The van der Waals surface area contributed by atoms with E-state index in [1.165, 1.54) is 11.3 Å². The molecule has 3 N–H and O–H groups in total. The van der Waals surface area contributed by atoms with Crippen LogP contribution in [0.4, 0.5) is 5.00 Å². The van der Waals surface area contributed by atoms with Gasteiger partial charge in [-0.1, -0.05) is 0 Å². The molecule has 0 unspecified atom stereocenters. The van der Waals surface area contributed by atoms with Gasteiger partial charge in [0.15, 0.2) is 0 Å². The molecule has 6 heteroatoms. The Morgan fingerprint density at radius 1 is 1.67 bits per heavy atom. The van der Waals surface area contributed by atoms with Gasteiger partial charge in [0.1, 0.15) is 0 Å². The number of methoxy groups -OCH3 is 1. The molecule has 18 heavy (non-hydrogen) atoms. The first-order valence-corrected chi connectivity index (χ1v) is 6.71. The van der Waals surface area contributed by atoms with E-state index < -0.39 is 5.97 Å². The Balaban J connectivity index is 2.17. The number of anilines is 1. The summed E-state index contributed by atoms with van der Waals surface area (Å²) in [7, 11) is 1.66. The van der Waals surface area contributed by atoms with E-state index in [9.17, 15) is 4.79 Å². The number of nitrogens with zero attached hydrogens (tertiary/aromatic N) is 1. The smallest absolute Gasteiger partial charge is 0.336 e. The van der Waals surface area contributed by atoms with Gasteiger partial charge in [-0.05, 0) is 19.4 Å². The third-order valence-electron chi connectivity index (χ3n) is 3.36. The van der Waals surface area contributed by atoms with Crippen LogP contribution in [0.2, 0.25) is 0 Å². The van der Waals surface area contributed by atoms with Crippen molar-refractivity contribution in [3.8, 4) is 0 Å². The summed E-state index contributed by atoms with van der Waals surface area (Å²) in [6, 6.07) is 1.80. The molecular weight excluding hydrogens is 252 g/mol. The van der Waals surface area contributed by atoms with Gasteiger partial charge in [0.2, 0.25) is 0 Å². The van der Waals surface area contributed by atoms with Crippen LogP contribution in [0.5, 0.6) is 0 Å². The Morgan fingerprint density at radius 3 is 2.94 bits per heavy atom. The van der Waals surface area contributed by atoms with Crippen molar-refractivity contribution in [1.82, 2.24) is 0 Å². The van der Waals surface area contributed by atoms with Crippen molar-refractivity contribution in [1.29, 1.82) is 0 Å². The number of ether oxygens (including phenoxy) is 1. The van der Waals surface area contributed by atoms with Gasteiger partial charge in [0, 0.05) is 31.1 Å². The maximum atomic E-state index is 11.0. The zero-order chi connectivity index (χ0) is 13.3. The number of thiophene rings is 1. The molecule has 0 spiro atoms. The number of hydrogen-bond donors (Lipinski definition) is 2. The van der Waals surface area contributed by atoms with Gasteiger partial charge < -0.3 is 20.5 Å². The lowest BCUT2D eigenvalue weighted by atomic mass is 10.0. The number of aryl methyl sites for hydroxylation is 1. The van der Waals surface area contributed by atoms with Gasteiger partial charge in [-0.3, -0.25) is 0 Å². The van der Waals surface area contributed by atoms with E-state index in [0.717, 1.165) is 29.4 Å². The molecule has 0 radical (unpaired) electrons. The molecule has 0 saturated carbocycles. The van der Waals surface area contributed by atoms with Crippen LogP contribution in [0, 0.1) is 6.92 Å². The minimum Gasteiger partial charge on any atom is -0.478 e. The number of carbonyl (C=O) groups is 1. The van der Waals surface area contributed by atoms with Gasteiger partial charge in [0.25, 0.3) is 0 Å². The predicted octanol–water partition coefficient (Wildman–Crippen LogP) is 1.31. The first-order valence-electron chi connectivity index (χ1n) is 5.90. The largest absolute Gasteiger partial charge is 0.478 e. The van der Waals surface area contributed by atoms with E-state index >= 15 is 0 Å². The number of rotatable bonds is 3. The molecule has 1 saturated heterocycles. The van der Waals surface area contributed by atoms with Crippen LogP contribution >= 0.6 is 11.3 Å². The standard InChI is InChI=1S/C12H18N2O3S/c1-7-8(12(15)16)5-11(18-7)14-4-3-9(13)10(6-14)17-2/h5,9-10H,3-4,6,13H2,1-2H3,(H,15,16)/t9-,10+/m1/s1. The highest BCUT2D eigenvalue weighted by atomic mass is 32.1. The fourth-order valence-corrected chi connectivity index (χ4v) is 3.26. The Morgan fingerprint density at radius 2 is 2.39 bits per heavy atom. The number of aromatic carboxylic acids is 1. The molecule has 5 nitrogen and oxygen atoms in total. The third-order valence-corrected chi connectivity index (χ3v) is 4.47. The first-order chi connectivity index (χ1) is 8.52. The van der Waals surface area contributed by atoms with Crippen LogP contribution in [-0.4, -0.2) is 43.4 Å². The maximum Gasteiger partial charge on any atom is 0.336 e. The number of hydrogen-bond acceptors (Lipinski definition) is 5. The quantitative estimate of drug-likeness (QED) is 0.866. The predicted molar refractivity (Wildman–Crippen MR) is 71.6 cm³/mol. The summed E-state index contributed by atoms with van der Waals surface area (Å²) in [5, 5.41) is 10.0. The van der Waals surface area contributed by atoms with Crippen LogP contribution in [-0.2, 0) is 4.74 Å². The van der Waals surface area contributed by atoms with Gasteiger partial charge >= 0.3 is 5.97 Å². The Labute approximate surface area is 110 Å². The first kappa shape index (κ1) is 13.3. The van der Waals surface area contributed by atoms with Crippen molar-refractivity contribution in [2.24, 2.45) is 5.73 Å². The summed E-state index contributed by atoms with van der Waals surface area (Å²) in [4.78, 5) is 14.0. The summed E-state index contributed by atoms with van der Waals surface area (Å²) in [6.45, 7) is 3.40. The van der Waals surface area contributed by atoms with Crippen LogP contribution < -0.4 is 10.6 Å². The summed E-state index contributed by atoms with van der Waals surface area (Å²) < 4.78 is 5.36. The number of carboxylic acids is 1. The van der Waals surface area contributed by atoms with E-state index in [-0.39, 0.29) is 12.1 Å². The van der Waals surface area contributed by atoms with Crippen molar-refractivity contribution >= 4 is 22.3 Å². The van der Waals surface area contributed by atoms with E-state index in [0.29, 0.717) is 5.56 Å². The molecule has 2 rings (SSSR count). The number of piperidine rings is 1. The molecular formula is C12H18N2O3S. The minimum absolute atomic E-state index is 0.00874. The molecule has 1 aliphatic rings. The molecule has 2 heterocycles. The molecule has 1 aromatic rings. The lowest BCUT2D eigenvalue weighted by molar-refractivity contribution is 0.0696. The molecule has 0 aromatic carbocycles. The summed E-state index contributed by atoms with van der Waals surface area (Å²) in [5.41, 5.74) is 6.36. The van der Waals surface area contributed by atoms with Crippen LogP contribution in [0.3, 0.4) is 0 Å². The Kier molecular flexibility index (Phi) is 3.89. The molecule has 0 amide bonds. The van der Waals surface area contributed by atoms with Crippen molar-refractivity contribution in [2.75, 3.05) is 25.1 Å². The normalized spacial score (nSPS) is 24.3. The summed E-state index contributed by atoms with van der Waals surface area (Å²) in [6.07, 6.45) is 0.868. The molecule has 100 valence electrons. The molecule has 0 bridgehead atoms. The second-order valence-corrected chi connectivity index (χ2v) is 5.77. The van der Waals surface area contributed by atoms with Crippen LogP contribution in [0.1, 0.15) is 21.7 Å². The van der Waals surface area contributed by atoms with Gasteiger partial charge in [-0.15, -0.1) is 11.3 Å². The van der Waals surface area contributed by atoms with Crippen LogP contribution in [0.25, 0.3) is 0 Å². The highest BCUT2D eigenvalue weighted by Crippen LogP contribution is 2.31. The monoisotopic (exact) mass is 270 g/mol. The average Bonchev–Trinajstić information content (AvgIpc) is 2.72. The fourth-order valence-electron chi connectivity index (χ4n) is 2.22. The zero-order valence-electron chi connectivity index (χ0n) is 10.5. The van der Waals surface area contributed by atoms with Gasteiger partial charge in [0.05, 0.1) is 16.7 Å². The number of carboxylic acid groups (broad SMARTS) is 1. The molecule has 0 aliphatic carbocycles. The van der Waals surface area contributed by atoms with Gasteiger partial charge in [-0.25, -0.2) is 4.79 Å². The Hall–Kier alpha value is -1.11. The van der Waals surface area contributed by atoms with Crippen molar-refractivity contribution in [3.63, 3.8) is 0 Å². The average molecular weight is 270 g/mol. The lowest BCUT2D eigenvalue weighted by Gasteiger charge is -2.36. The second-order valence-electron chi connectivity index (χ2n) is 4.53. The zero-order valence-corrected chi connectivity index (χ0v) is 11.4. The third kappa shape index (κ3) is 2.50. The maximum absolute atomic E-state index is 11.0. The van der Waals surface area contributed by atoms with E-state index in [1.54, 1.807) is 13.2 Å². The number of nitrogens with two attached hydrogens (primary N) is 1. The lowest BCUT2D eigenvalue weighted by Crippen LogP contribution is -2.51. The van der Waals surface area contributed by atoms with E-state index in [1.807, 2.05) is 6.92 Å². The molecule has 1 fully saturated rings. The van der Waals surface area contributed by atoms with Gasteiger partial charge in [-0.2, -0.15) is 0 Å². The van der Waals surface area contributed by atoms with Crippen molar-refractivity contribution in [2.45, 2.75) is 25.5 Å². The molecule has 1 aliphatic heterocycles. The van der Waals surface area contributed by atoms with Crippen molar-refractivity contribution in [3.05, 3.63) is 16.5 Å².